The number of rotatable bonds is 5. The van der Waals surface area contributed by atoms with E-state index in [1.54, 1.807) is 42.6 Å². The van der Waals surface area contributed by atoms with Crippen molar-refractivity contribution in [3.8, 4) is 11.4 Å². The smallest absolute Gasteiger partial charge is 0.336 e. The second kappa shape index (κ2) is 8.56. The number of nitrogens with zero attached hydrogens (tertiary/aromatic N) is 3. The second-order valence-corrected chi connectivity index (χ2v) is 8.34. The zero-order valence-corrected chi connectivity index (χ0v) is 18.6. The van der Waals surface area contributed by atoms with E-state index in [4.69, 9.17) is 4.74 Å². The molecule has 3 aromatic heterocycles. The molecule has 1 amide bonds. The van der Waals surface area contributed by atoms with E-state index in [0.29, 0.717) is 21.7 Å². The van der Waals surface area contributed by atoms with Gasteiger partial charge < -0.3 is 10.1 Å². The summed E-state index contributed by atoms with van der Waals surface area (Å²) in [6.07, 6.45) is 1.57. The van der Waals surface area contributed by atoms with E-state index in [0.717, 1.165) is 22.0 Å². The highest BCUT2D eigenvalue weighted by molar-refractivity contribution is 7.25. The van der Waals surface area contributed by atoms with Gasteiger partial charge in [0.25, 0.3) is 5.56 Å². The topological polar surface area (TPSA) is 95.2 Å². The van der Waals surface area contributed by atoms with Crippen molar-refractivity contribution in [3.05, 3.63) is 93.5 Å². The number of aromatic nitrogens is 3. The Bertz CT molecular complexity index is 1690. The SMILES string of the molecule is COc1ccccc1NC(=O)Cn1c(=O)n(-c2ccccc2F)c(=O)c2sc3ncccc3c21. The van der Waals surface area contributed by atoms with Crippen molar-refractivity contribution in [2.45, 2.75) is 6.54 Å². The second-order valence-electron chi connectivity index (χ2n) is 7.35. The summed E-state index contributed by atoms with van der Waals surface area (Å²) in [5.74, 6) is -0.796. The first-order chi connectivity index (χ1) is 16.5. The lowest BCUT2D eigenvalue weighted by atomic mass is 10.2. The van der Waals surface area contributed by atoms with Crippen molar-refractivity contribution < 1.29 is 13.9 Å². The summed E-state index contributed by atoms with van der Waals surface area (Å²) in [5.41, 5.74) is -0.982. The number of halogens is 1. The Morgan fingerprint density at radius 1 is 1.09 bits per heavy atom. The lowest BCUT2D eigenvalue weighted by Crippen LogP contribution is -2.40. The molecule has 0 aliphatic rings. The van der Waals surface area contributed by atoms with Crippen molar-refractivity contribution in [2.75, 3.05) is 12.4 Å². The number of carbonyl (C=O) groups is 1. The van der Waals surface area contributed by atoms with E-state index in [-0.39, 0.29) is 15.9 Å². The van der Waals surface area contributed by atoms with Crippen LogP contribution in [0.3, 0.4) is 0 Å². The maximum atomic E-state index is 14.6. The summed E-state index contributed by atoms with van der Waals surface area (Å²) < 4.78 is 22.0. The van der Waals surface area contributed by atoms with Crippen LogP contribution in [0, 0.1) is 5.82 Å². The lowest BCUT2D eigenvalue weighted by Gasteiger charge is -2.14. The Hall–Kier alpha value is -4.31. The highest BCUT2D eigenvalue weighted by Crippen LogP contribution is 2.30. The molecule has 0 atom stereocenters. The van der Waals surface area contributed by atoms with Gasteiger partial charge in [-0.1, -0.05) is 24.3 Å². The summed E-state index contributed by atoms with van der Waals surface area (Å²) in [5, 5.41) is 3.29. The third-order valence-corrected chi connectivity index (χ3v) is 6.40. The average molecular weight is 476 g/mol. The number of thiophene rings is 1. The predicted molar refractivity (Wildman–Crippen MR) is 129 cm³/mol. The number of fused-ring (bicyclic) bond motifs is 3. The van der Waals surface area contributed by atoms with Crippen LogP contribution in [0.15, 0.2) is 76.4 Å². The number of ether oxygens (including phenoxy) is 1. The number of anilines is 1. The molecule has 5 rings (SSSR count). The van der Waals surface area contributed by atoms with Crippen LogP contribution in [0.5, 0.6) is 5.75 Å². The van der Waals surface area contributed by atoms with Gasteiger partial charge >= 0.3 is 5.69 Å². The fraction of sp³-hybridized carbons (Fsp3) is 0.0833. The predicted octanol–water partition coefficient (Wildman–Crippen LogP) is 3.55. The van der Waals surface area contributed by atoms with Gasteiger partial charge in [-0.05, 0) is 36.4 Å². The Labute approximate surface area is 195 Å². The number of carbonyl (C=O) groups excluding carboxylic acids is 1. The lowest BCUT2D eigenvalue weighted by molar-refractivity contribution is -0.116. The highest BCUT2D eigenvalue weighted by Gasteiger charge is 2.22. The minimum atomic E-state index is -0.832. The Balaban J connectivity index is 1.73. The molecule has 0 saturated carbocycles. The van der Waals surface area contributed by atoms with E-state index in [1.165, 1.54) is 29.9 Å². The molecule has 0 fully saturated rings. The Morgan fingerprint density at radius 2 is 1.85 bits per heavy atom. The monoisotopic (exact) mass is 476 g/mol. The fourth-order valence-electron chi connectivity index (χ4n) is 3.81. The summed E-state index contributed by atoms with van der Waals surface area (Å²) in [7, 11) is 1.48. The van der Waals surface area contributed by atoms with Crippen molar-refractivity contribution in [3.63, 3.8) is 0 Å². The molecule has 0 bridgehead atoms. The van der Waals surface area contributed by atoms with Gasteiger partial charge in [-0.25, -0.2) is 18.7 Å². The third-order valence-electron chi connectivity index (χ3n) is 5.31. The number of nitrogens with one attached hydrogen (secondary N) is 1. The minimum absolute atomic E-state index is 0.191. The first kappa shape index (κ1) is 21.5. The zero-order chi connectivity index (χ0) is 23.8. The average Bonchev–Trinajstić information content (AvgIpc) is 3.23. The van der Waals surface area contributed by atoms with Crippen LogP contribution in [0.25, 0.3) is 26.1 Å². The van der Waals surface area contributed by atoms with Crippen molar-refractivity contribution in [2.24, 2.45) is 0 Å². The number of hydrogen-bond donors (Lipinski definition) is 1. The fourth-order valence-corrected chi connectivity index (χ4v) is 4.89. The summed E-state index contributed by atoms with van der Waals surface area (Å²) in [6.45, 7) is -0.414. The number of amides is 1. The molecule has 0 unspecified atom stereocenters. The molecule has 0 aliphatic heterocycles. The molecule has 0 aliphatic carbocycles. The van der Waals surface area contributed by atoms with E-state index >= 15 is 0 Å². The maximum absolute atomic E-state index is 14.6. The molecule has 0 spiro atoms. The van der Waals surface area contributed by atoms with E-state index in [2.05, 4.69) is 10.3 Å². The van der Waals surface area contributed by atoms with Crippen LogP contribution in [0.1, 0.15) is 0 Å². The number of pyridine rings is 1. The molecule has 34 heavy (non-hydrogen) atoms. The first-order valence-electron chi connectivity index (χ1n) is 10.2. The standard InChI is InChI=1S/C24H17FN4O4S/c1-33-18-11-5-3-9-16(18)27-19(30)13-28-20-14-7-6-12-26-22(14)34-21(20)23(31)29(24(28)32)17-10-4-2-8-15(17)25/h2-12H,13H2,1H3,(H,27,30). The highest BCUT2D eigenvalue weighted by atomic mass is 32.1. The molecular weight excluding hydrogens is 459 g/mol. The normalized spacial score (nSPS) is 11.1. The molecule has 10 heteroatoms. The summed E-state index contributed by atoms with van der Waals surface area (Å²) in [6, 6.07) is 15.8. The van der Waals surface area contributed by atoms with Crippen LogP contribution in [0.2, 0.25) is 0 Å². The zero-order valence-electron chi connectivity index (χ0n) is 17.8. The molecule has 2 aromatic carbocycles. The van der Waals surface area contributed by atoms with Crippen LogP contribution in [0.4, 0.5) is 10.1 Å². The van der Waals surface area contributed by atoms with Crippen LogP contribution in [-0.4, -0.2) is 27.1 Å². The van der Waals surface area contributed by atoms with Crippen molar-refractivity contribution in [1.82, 2.24) is 14.1 Å². The summed E-state index contributed by atoms with van der Waals surface area (Å²) >= 11 is 1.08. The van der Waals surface area contributed by atoms with Crippen molar-refractivity contribution in [1.29, 1.82) is 0 Å². The maximum Gasteiger partial charge on any atom is 0.336 e. The first-order valence-corrected chi connectivity index (χ1v) is 11.0. The van der Waals surface area contributed by atoms with Crippen LogP contribution in [-0.2, 0) is 11.3 Å². The number of benzene rings is 2. The van der Waals surface area contributed by atoms with Gasteiger partial charge in [0.15, 0.2) is 0 Å². The molecule has 0 radical (unpaired) electrons. The van der Waals surface area contributed by atoms with Gasteiger partial charge in [-0.15, -0.1) is 11.3 Å². The molecule has 8 nitrogen and oxygen atoms in total. The van der Waals surface area contributed by atoms with E-state index in [9.17, 15) is 18.8 Å². The quantitative estimate of drug-likeness (QED) is 0.419. The summed E-state index contributed by atoms with van der Waals surface area (Å²) in [4.78, 5) is 44.7. The van der Waals surface area contributed by atoms with Gasteiger partial charge in [0.05, 0.1) is 24.0 Å². The van der Waals surface area contributed by atoms with E-state index in [1.807, 2.05) is 0 Å². The number of methoxy groups -OCH3 is 1. The molecule has 3 heterocycles. The van der Waals surface area contributed by atoms with Gasteiger partial charge in [-0.2, -0.15) is 0 Å². The molecule has 170 valence electrons. The van der Waals surface area contributed by atoms with E-state index < -0.39 is 29.5 Å². The third kappa shape index (κ3) is 3.54. The molecular formula is C24H17FN4O4S. The molecule has 5 aromatic rings. The van der Waals surface area contributed by atoms with Gasteiger partial charge in [0, 0.05) is 11.6 Å². The molecule has 1 N–H and O–H groups in total. The number of para-hydroxylation sites is 3. The van der Waals surface area contributed by atoms with Crippen LogP contribution < -0.4 is 21.3 Å². The minimum Gasteiger partial charge on any atom is -0.495 e. The van der Waals surface area contributed by atoms with Crippen LogP contribution >= 0.6 is 11.3 Å². The largest absolute Gasteiger partial charge is 0.495 e. The van der Waals surface area contributed by atoms with Crippen molar-refractivity contribution >= 4 is 43.4 Å². The van der Waals surface area contributed by atoms with Gasteiger partial charge in [-0.3, -0.25) is 14.2 Å². The van der Waals surface area contributed by atoms with Gasteiger partial charge in [0.1, 0.15) is 27.6 Å². The Kier molecular flexibility index (Phi) is 5.42. The molecule has 0 saturated heterocycles. The number of hydrogen-bond acceptors (Lipinski definition) is 6. The Morgan fingerprint density at radius 3 is 2.65 bits per heavy atom. The van der Waals surface area contributed by atoms with Gasteiger partial charge in [0.2, 0.25) is 5.91 Å².